The van der Waals surface area contributed by atoms with E-state index < -0.39 is 12.1 Å². The number of para-hydroxylation sites is 2. The third kappa shape index (κ3) is 4.31. The van der Waals surface area contributed by atoms with Gasteiger partial charge in [-0.3, -0.25) is 9.59 Å². The first-order valence-electron chi connectivity index (χ1n) is 9.13. The molecule has 3 rings (SSSR count). The topological polar surface area (TPSA) is 84.9 Å². The molecule has 0 radical (unpaired) electrons. The number of benzene rings is 2. The van der Waals surface area contributed by atoms with E-state index in [-0.39, 0.29) is 24.8 Å². The summed E-state index contributed by atoms with van der Waals surface area (Å²) in [5, 5.41) is 2.77. The van der Waals surface area contributed by atoms with Crippen molar-refractivity contribution < 1.29 is 23.9 Å². The van der Waals surface area contributed by atoms with Crippen molar-refractivity contribution in [3.63, 3.8) is 0 Å². The van der Waals surface area contributed by atoms with Crippen LogP contribution in [-0.4, -0.2) is 37.0 Å². The summed E-state index contributed by atoms with van der Waals surface area (Å²) in [6, 6.07) is 13.7. The molecular weight excluding hydrogens is 360 g/mol. The monoisotopic (exact) mass is 382 g/mol. The average molecular weight is 382 g/mol. The van der Waals surface area contributed by atoms with Gasteiger partial charge >= 0.3 is 5.97 Å². The highest BCUT2D eigenvalue weighted by Gasteiger charge is 2.31. The Morgan fingerprint density at radius 1 is 1.14 bits per heavy atom. The maximum absolute atomic E-state index is 12.4. The van der Waals surface area contributed by atoms with Crippen molar-refractivity contribution in [2.24, 2.45) is 0 Å². The summed E-state index contributed by atoms with van der Waals surface area (Å²) in [5.74, 6) is -0.179. The van der Waals surface area contributed by atoms with Crippen LogP contribution in [0.2, 0.25) is 0 Å². The van der Waals surface area contributed by atoms with Crippen LogP contribution in [0.4, 0.5) is 11.4 Å². The molecule has 1 aliphatic heterocycles. The van der Waals surface area contributed by atoms with Crippen LogP contribution in [0.15, 0.2) is 48.5 Å². The second-order valence-electron chi connectivity index (χ2n) is 6.31. The largest absolute Gasteiger partial charge is 0.479 e. The highest BCUT2D eigenvalue weighted by atomic mass is 16.5. The van der Waals surface area contributed by atoms with E-state index in [4.69, 9.17) is 9.47 Å². The van der Waals surface area contributed by atoms with Gasteiger partial charge in [0.15, 0.2) is 6.10 Å². The molecule has 7 heteroatoms. The van der Waals surface area contributed by atoms with Crippen LogP contribution < -0.4 is 15.0 Å². The smallest absolute Gasteiger partial charge is 0.338 e. The average Bonchev–Trinajstić information content (AvgIpc) is 2.69. The number of amides is 2. The van der Waals surface area contributed by atoms with Crippen LogP contribution in [0.25, 0.3) is 0 Å². The second-order valence-corrected chi connectivity index (χ2v) is 6.31. The number of hydrogen-bond acceptors (Lipinski definition) is 5. The van der Waals surface area contributed by atoms with Crippen molar-refractivity contribution in [1.82, 2.24) is 0 Å². The Bertz CT molecular complexity index is 879. The minimum Gasteiger partial charge on any atom is -0.479 e. The molecule has 0 spiro atoms. The molecule has 0 fully saturated rings. The van der Waals surface area contributed by atoms with Gasteiger partial charge in [-0.05, 0) is 50.2 Å². The summed E-state index contributed by atoms with van der Waals surface area (Å²) in [7, 11) is 0. The van der Waals surface area contributed by atoms with Gasteiger partial charge in [0.2, 0.25) is 5.91 Å². The number of carbonyl (C=O) groups excluding carboxylic acids is 3. The van der Waals surface area contributed by atoms with Gasteiger partial charge in [-0.2, -0.15) is 0 Å². The normalized spacial score (nSPS) is 15.4. The van der Waals surface area contributed by atoms with Gasteiger partial charge in [0, 0.05) is 18.7 Å². The Hall–Kier alpha value is -3.35. The first kappa shape index (κ1) is 19.4. The van der Waals surface area contributed by atoms with Crippen LogP contribution >= 0.6 is 0 Å². The van der Waals surface area contributed by atoms with Gasteiger partial charge in [0.05, 0.1) is 17.9 Å². The number of hydrogen-bond donors (Lipinski definition) is 1. The molecule has 0 aliphatic carbocycles. The number of nitrogens with one attached hydrogen (secondary N) is 1. The summed E-state index contributed by atoms with van der Waals surface area (Å²) < 4.78 is 10.5. The lowest BCUT2D eigenvalue weighted by molar-refractivity contribution is -0.125. The van der Waals surface area contributed by atoms with E-state index in [1.807, 2.05) is 12.1 Å². The first-order valence-corrected chi connectivity index (χ1v) is 9.13. The van der Waals surface area contributed by atoms with E-state index in [1.165, 1.54) is 0 Å². The number of nitrogens with zero attached hydrogens (tertiary/aromatic N) is 1. The maximum atomic E-state index is 12.4. The Morgan fingerprint density at radius 2 is 1.86 bits per heavy atom. The Balaban J connectivity index is 1.60. The van der Waals surface area contributed by atoms with Crippen LogP contribution in [0.1, 0.15) is 30.6 Å². The van der Waals surface area contributed by atoms with E-state index in [1.54, 1.807) is 55.1 Å². The quantitative estimate of drug-likeness (QED) is 0.777. The molecule has 1 heterocycles. The fourth-order valence-electron chi connectivity index (χ4n) is 2.93. The van der Waals surface area contributed by atoms with Crippen molar-refractivity contribution in [2.75, 3.05) is 23.4 Å². The van der Waals surface area contributed by atoms with Crippen LogP contribution in [-0.2, 0) is 14.3 Å². The molecule has 0 aromatic heterocycles. The number of anilines is 2. The van der Waals surface area contributed by atoms with Gasteiger partial charge in [-0.15, -0.1) is 0 Å². The minimum atomic E-state index is -0.589. The molecular formula is C21H22N2O5. The third-order valence-electron chi connectivity index (χ3n) is 4.32. The summed E-state index contributed by atoms with van der Waals surface area (Å²) >= 11 is 0. The lowest BCUT2D eigenvalue weighted by Gasteiger charge is -2.32. The van der Waals surface area contributed by atoms with Crippen molar-refractivity contribution >= 4 is 29.2 Å². The van der Waals surface area contributed by atoms with Crippen molar-refractivity contribution in [3.8, 4) is 5.75 Å². The maximum Gasteiger partial charge on any atom is 0.338 e. The first-order chi connectivity index (χ1) is 13.5. The SMILES string of the molecule is CCOC(=O)c1ccc(NC(=O)CCN2C(=O)C(C)Oc3ccccc32)cc1. The van der Waals surface area contributed by atoms with Crippen molar-refractivity contribution in [2.45, 2.75) is 26.4 Å². The molecule has 146 valence electrons. The molecule has 0 saturated carbocycles. The Labute approximate surface area is 163 Å². The van der Waals surface area contributed by atoms with E-state index >= 15 is 0 Å². The molecule has 1 N–H and O–H groups in total. The number of fused-ring (bicyclic) bond motifs is 1. The summed E-state index contributed by atoms with van der Waals surface area (Å²) in [6.07, 6.45) is -0.458. The number of carbonyl (C=O) groups is 3. The lowest BCUT2D eigenvalue weighted by Crippen LogP contribution is -2.45. The van der Waals surface area contributed by atoms with E-state index in [0.717, 1.165) is 0 Å². The van der Waals surface area contributed by atoms with Crippen LogP contribution in [0.5, 0.6) is 5.75 Å². The minimum absolute atomic E-state index is 0.131. The van der Waals surface area contributed by atoms with Crippen molar-refractivity contribution in [1.29, 1.82) is 0 Å². The van der Waals surface area contributed by atoms with Gasteiger partial charge in [-0.1, -0.05) is 12.1 Å². The lowest BCUT2D eigenvalue weighted by atomic mass is 10.1. The number of esters is 1. The summed E-state index contributed by atoms with van der Waals surface area (Å²) in [4.78, 5) is 38.0. The third-order valence-corrected chi connectivity index (χ3v) is 4.32. The van der Waals surface area contributed by atoms with Gasteiger partial charge < -0.3 is 19.7 Å². The molecule has 2 aromatic carbocycles. The number of rotatable bonds is 6. The molecule has 1 atom stereocenters. The van der Waals surface area contributed by atoms with Gasteiger partial charge in [0.25, 0.3) is 5.91 Å². The molecule has 1 unspecified atom stereocenters. The predicted octanol–water partition coefficient (Wildman–Crippen LogP) is 3.01. The summed E-state index contributed by atoms with van der Waals surface area (Å²) in [6.45, 7) is 3.98. The van der Waals surface area contributed by atoms with Crippen LogP contribution in [0, 0.1) is 0 Å². The zero-order valence-corrected chi connectivity index (χ0v) is 15.8. The Morgan fingerprint density at radius 3 is 2.57 bits per heavy atom. The zero-order valence-electron chi connectivity index (χ0n) is 15.8. The summed E-state index contributed by atoms with van der Waals surface area (Å²) in [5.41, 5.74) is 1.65. The predicted molar refractivity (Wildman–Crippen MR) is 105 cm³/mol. The zero-order chi connectivity index (χ0) is 20.1. The second kappa shape index (κ2) is 8.56. The Kier molecular flexibility index (Phi) is 5.93. The number of ether oxygens (including phenoxy) is 2. The standard InChI is InChI=1S/C21H22N2O5/c1-3-27-21(26)15-8-10-16(11-9-15)22-19(24)12-13-23-17-6-4-5-7-18(17)28-14(2)20(23)25/h4-11,14H,3,12-13H2,1-2H3,(H,22,24). The van der Waals surface area contributed by atoms with E-state index in [9.17, 15) is 14.4 Å². The van der Waals surface area contributed by atoms with Crippen LogP contribution in [0.3, 0.4) is 0 Å². The fraction of sp³-hybridized carbons (Fsp3) is 0.286. The molecule has 0 saturated heterocycles. The van der Waals surface area contributed by atoms with Crippen molar-refractivity contribution in [3.05, 3.63) is 54.1 Å². The molecule has 1 aliphatic rings. The van der Waals surface area contributed by atoms with Gasteiger partial charge in [-0.25, -0.2) is 4.79 Å². The van der Waals surface area contributed by atoms with E-state index in [0.29, 0.717) is 29.3 Å². The molecule has 2 aromatic rings. The highest BCUT2D eigenvalue weighted by Crippen LogP contribution is 2.33. The molecule has 0 bridgehead atoms. The molecule has 28 heavy (non-hydrogen) atoms. The molecule has 7 nitrogen and oxygen atoms in total. The highest BCUT2D eigenvalue weighted by molar-refractivity contribution is 6.01. The fourth-order valence-corrected chi connectivity index (χ4v) is 2.93. The molecule has 2 amide bonds. The van der Waals surface area contributed by atoms with E-state index in [2.05, 4.69) is 5.32 Å². The van der Waals surface area contributed by atoms with Gasteiger partial charge in [0.1, 0.15) is 5.75 Å².